The van der Waals surface area contributed by atoms with E-state index in [9.17, 15) is 19.7 Å². The molecule has 2 aromatic carbocycles. The van der Waals surface area contributed by atoms with E-state index in [2.05, 4.69) is 5.32 Å². The number of methoxy groups -OCH3 is 1. The highest BCUT2D eigenvalue weighted by atomic mass is 35.5. The molecule has 0 aliphatic carbocycles. The monoisotopic (exact) mass is 426 g/mol. The number of halogens is 2. The number of carbonyl (C=O) groups excluding carboxylic acids is 2. The predicted octanol–water partition coefficient (Wildman–Crippen LogP) is 3.94. The maximum Gasteiger partial charge on any atom is 0.342 e. The first-order valence-electron chi connectivity index (χ1n) is 7.96. The van der Waals surface area contributed by atoms with Gasteiger partial charge in [-0.2, -0.15) is 0 Å². The van der Waals surface area contributed by atoms with Crippen molar-refractivity contribution in [3.05, 3.63) is 67.7 Å². The lowest BCUT2D eigenvalue weighted by Gasteiger charge is -2.16. The number of hydrogen-bond acceptors (Lipinski definition) is 6. The summed E-state index contributed by atoms with van der Waals surface area (Å²) in [4.78, 5) is 34.5. The van der Waals surface area contributed by atoms with Crippen LogP contribution in [0.2, 0.25) is 10.0 Å². The minimum Gasteiger partial charge on any atom is -0.496 e. The van der Waals surface area contributed by atoms with Crippen LogP contribution in [0.15, 0.2) is 36.4 Å². The number of ether oxygens (including phenoxy) is 2. The third-order valence-electron chi connectivity index (χ3n) is 3.75. The molecule has 0 fully saturated rings. The number of amides is 1. The largest absolute Gasteiger partial charge is 0.496 e. The second kappa shape index (κ2) is 9.38. The summed E-state index contributed by atoms with van der Waals surface area (Å²) in [5.74, 6) is -1.40. The number of hydrogen-bond donors (Lipinski definition) is 1. The quantitative estimate of drug-likeness (QED) is 0.407. The Morgan fingerprint density at radius 1 is 1.21 bits per heavy atom. The normalized spacial score (nSPS) is 11.4. The van der Waals surface area contributed by atoms with Crippen LogP contribution in [0.4, 0.5) is 5.69 Å². The average Bonchev–Trinajstić information content (AvgIpc) is 2.65. The fourth-order valence-corrected chi connectivity index (χ4v) is 2.96. The summed E-state index contributed by atoms with van der Waals surface area (Å²) in [6.45, 7) is 1.12. The van der Waals surface area contributed by atoms with Crippen LogP contribution in [0.1, 0.15) is 28.9 Å². The number of rotatable bonds is 7. The molecule has 10 heteroatoms. The zero-order chi connectivity index (χ0) is 20.8. The van der Waals surface area contributed by atoms with Crippen LogP contribution in [0.3, 0.4) is 0 Å². The van der Waals surface area contributed by atoms with Crippen molar-refractivity contribution in [1.29, 1.82) is 0 Å². The number of nitro benzene ring substituents is 1. The van der Waals surface area contributed by atoms with Crippen molar-refractivity contribution in [2.24, 2.45) is 0 Å². The van der Waals surface area contributed by atoms with Crippen molar-refractivity contribution < 1.29 is 24.0 Å². The molecular formula is C18H16Cl2N2O6. The molecule has 0 saturated carbocycles. The molecule has 2 aromatic rings. The van der Waals surface area contributed by atoms with Crippen molar-refractivity contribution in [2.45, 2.75) is 13.0 Å². The number of nitro groups is 1. The molecule has 148 valence electrons. The Hall–Kier alpha value is -2.84. The smallest absolute Gasteiger partial charge is 0.342 e. The third-order valence-corrected chi connectivity index (χ3v) is 4.32. The average molecular weight is 427 g/mol. The first-order chi connectivity index (χ1) is 13.2. The maximum atomic E-state index is 12.2. The Morgan fingerprint density at radius 2 is 1.93 bits per heavy atom. The Labute approximate surface area is 170 Å². The number of nitrogens with zero attached hydrogens (tertiary/aromatic N) is 1. The summed E-state index contributed by atoms with van der Waals surface area (Å²) in [5.41, 5.74) is 0.188. The van der Waals surface area contributed by atoms with Gasteiger partial charge in [0, 0.05) is 22.2 Å². The SMILES string of the molecule is COc1ccc([N+](=O)[O-])cc1C(=O)OCC(=O)NC(C)c1ccc(Cl)cc1Cl. The van der Waals surface area contributed by atoms with Crippen LogP contribution >= 0.6 is 23.2 Å². The van der Waals surface area contributed by atoms with Gasteiger partial charge in [0.25, 0.3) is 11.6 Å². The Bertz CT molecular complexity index is 919. The molecular weight excluding hydrogens is 411 g/mol. The van der Waals surface area contributed by atoms with E-state index >= 15 is 0 Å². The molecule has 1 atom stereocenters. The minimum absolute atomic E-state index is 0.0947. The van der Waals surface area contributed by atoms with E-state index in [0.29, 0.717) is 15.6 Å². The summed E-state index contributed by atoms with van der Waals surface area (Å²) in [5, 5.41) is 14.4. The summed E-state index contributed by atoms with van der Waals surface area (Å²) >= 11 is 11.9. The van der Waals surface area contributed by atoms with Crippen molar-refractivity contribution in [3.8, 4) is 5.75 Å². The highest BCUT2D eigenvalue weighted by Gasteiger charge is 2.20. The molecule has 0 aromatic heterocycles. The van der Waals surface area contributed by atoms with Crippen LogP contribution in [0.5, 0.6) is 5.75 Å². The van der Waals surface area contributed by atoms with Gasteiger partial charge in [-0.15, -0.1) is 0 Å². The summed E-state index contributed by atoms with van der Waals surface area (Å²) in [7, 11) is 1.31. The number of esters is 1. The lowest BCUT2D eigenvalue weighted by atomic mass is 10.1. The van der Waals surface area contributed by atoms with Crippen LogP contribution in [0.25, 0.3) is 0 Å². The zero-order valence-electron chi connectivity index (χ0n) is 14.9. The fraction of sp³-hybridized carbons (Fsp3) is 0.222. The molecule has 8 nitrogen and oxygen atoms in total. The van der Waals surface area contributed by atoms with Gasteiger partial charge in [0.2, 0.25) is 0 Å². The Balaban J connectivity index is 2.01. The summed E-state index contributed by atoms with van der Waals surface area (Å²) in [6, 6.07) is 7.91. The topological polar surface area (TPSA) is 108 Å². The van der Waals surface area contributed by atoms with Crippen LogP contribution in [-0.4, -0.2) is 30.5 Å². The molecule has 0 heterocycles. The predicted molar refractivity (Wildman–Crippen MR) is 103 cm³/mol. The molecule has 1 amide bonds. The van der Waals surface area contributed by atoms with Gasteiger partial charge < -0.3 is 14.8 Å². The molecule has 1 N–H and O–H groups in total. The van der Waals surface area contributed by atoms with Gasteiger partial charge >= 0.3 is 5.97 Å². The van der Waals surface area contributed by atoms with Crippen molar-refractivity contribution in [1.82, 2.24) is 5.32 Å². The molecule has 0 radical (unpaired) electrons. The van der Waals surface area contributed by atoms with Gasteiger partial charge in [0.15, 0.2) is 6.61 Å². The van der Waals surface area contributed by atoms with Crippen molar-refractivity contribution >= 4 is 40.8 Å². The number of nitrogens with one attached hydrogen (secondary N) is 1. The number of non-ortho nitro benzene ring substituents is 1. The number of benzene rings is 2. The molecule has 1 unspecified atom stereocenters. The first kappa shape index (κ1) is 21.5. The van der Waals surface area contributed by atoms with Gasteiger partial charge in [-0.05, 0) is 30.7 Å². The van der Waals surface area contributed by atoms with Gasteiger partial charge in [-0.1, -0.05) is 29.3 Å². The second-order valence-electron chi connectivity index (χ2n) is 5.67. The maximum absolute atomic E-state index is 12.2. The van der Waals surface area contributed by atoms with Gasteiger partial charge in [-0.3, -0.25) is 14.9 Å². The van der Waals surface area contributed by atoms with Crippen molar-refractivity contribution in [2.75, 3.05) is 13.7 Å². The van der Waals surface area contributed by atoms with Gasteiger partial charge in [0.05, 0.1) is 18.1 Å². The molecule has 0 saturated heterocycles. The summed E-state index contributed by atoms with van der Waals surface area (Å²) < 4.78 is 9.95. The van der Waals surface area contributed by atoms with E-state index < -0.39 is 29.4 Å². The standard InChI is InChI=1S/C18H16Cl2N2O6/c1-10(13-5-3-11(19)7-15(13)20)21-17(23)9-28-18(24)14-8-12(22(25)26)4-6-16(14)27-2/h3-8,10H,9H2,1-2H3,(H,21,23). The van der Waals surface area contributed by atoms with E-state index in [1.807, 2.05) is 0 Å². The van der Waals surface area contributed by atoms with Crippen LogP contribution in [0, 0.1) is 10.1 Å². The third kappa shape index (κ3) is 5.34. The fourth-order valence-electron chi connectivity index (χ4n) is 2.39. The van der Waals surface area contributed by atoms with Gasteiger partial charge in [-0.25, -0.2) is 4.79 Å². The highest BCUT2D eigenvalue weighted by Crippen LogP contribution is 2.26. The second-order valence-corrected chi connectivity index (χ2v) is 6.52. The van der Waals surface area contributed by atoms with E-state index in [4.69, 9.17) is 32.7 Å². The van der Waals surface area contributed by atoms with Gasteiger partial charge in [0.1, 0.15) is 11.3 Å². The lowest BCUT2D eigenvalue weighted by molar-refractivity contribution is -0.384. The van der Waals surface area contributed by atoms with Crippen LogP contribution in [-0.2, 0) is 9.53 Å². The molecule has 0 aliphatic rings. The molecule has 2 rings (SSSR count). The molecule has 28 heavy (non-hydrogen) atoms. The highest BCUT2D eigenvalue weighted by molar-refractivity contribution is 6.35. The molecule has 0 bridgehead atoms. The Kier molecular flexibility index (Phi) is 7.19. The van der Waals surface area contributed by atoms with E-state index in [0.717, 1.165) is 6.07 Å². The van der Waals surface area contributed by atoms with Crippen LogP contribution < -0.4 is 10.1 Å². The first-order valence-corrected chi connectivity index (χ1v) is 8.72. The molecule has 0 aliphatic heterocycles. The summed E-state index contributed by atoms with van der Waals surface area (Å²) in [6.07, 6.45) is 0. The van der Waals surface area contributed by atoms with Crippen molar-refractivity contribution in [3.63, 3.8) is 0 Å². The number of carbonyl (C=O) groups is 2. The van der Waals surface area contributed by atoms with E-state index in [1.54, 1.807) is 25.1 Å². The molecule has 0 spiro atoms. The zero-order valence-corrected chi connectivity index (χ0v) is 16.4. The van der Waals surface area contributed by atoms with E-state index in [-0.39, 0.29) is 17.0 Å². The minimum atomic E-state index is -0.923. The van der Waals surface area contributed by atoms with E-state index in [1.165, 1.54) is 19.2 Å². The Morgan fingerprint density at radius 3 is 2.54 bits per heavy atom. The lowest BCUT2D eigenvalue weighted by Crippen LogP contribution is -2.31.